The van der Waals surface area contributed by atoms with Gasteiger partial charge in [-0.2, -0.15) is 0 Å². The number of nitrogens with one attached hydrogen (secondary N) is 2. The zero-order valence-electron chi connectivity index (χ0n) is 11.7. The number of benzene rings is 1. The monoisotopic (exact) mass is 345 g/mol. The highest BCUT2D eigenvalue weighted by molar-refractivity contribution is 9.10. The second kappa shape index (κ2) is 7.04. The highest BCUT2D eigenvalue weighted by Gasteiger charge is 2.09. The van der Waals surface area contributed by atoms with Gasteiger partial charge >= 0.3 is 0 Å². The number of carbonyl (C=O) groups excluding carboxylic acids is 1. The molecule has 108 valence electrons. The molecule has 0 aliphatic heterocycles. The summed E-state index contributed by atoms with van der Waals surface area (Å²) >= 11 is 3.40. The molecule has 2 rings (SSSR count). The van der Waals surface area contributed by atoms with Crippen molar-refractivity contribution in [2.24, 2.45) is 0 Å². The lowest BCUT2D eigenvalue weighted by Gasteiger charge is -2.09. The third-order valence-electron chi connectivity index (χ3n) is 2.88. The van der Waals surface area contributed by atoms with E-state index in [0.29, 0.717) is 12.2 Å². The van der Waals surface area contributed by atoms with Crippen LogP contribution < -0.4 is 10.6 Å². The number of carbonyl (C=O) groups is 1. The largest absolute Gasteiger partial charge is 0.380 e. The predicted molar refractivity (Wildman–Crippen MR) is 89.8 cm³/mol. The van der Waals surface area contributed by atoms with E-state index in [1.807, 2.05) is 31.2 Å². The quantitative estimate of drug-likeness (QED) is 0.805. The van der Waals surface area contributed by atoms with Crippen LogP contribution in [0.2, 0.25) is 0 Å². The summed E-state index contributed by atoms with van der Waals surface area (Å²) in [4.78, 5) is 16.3. The molecule has 1 amide bonds. The molecule has 2 aromatic rings. The fourth-order valence-electron chi connectivity index (χ4n) is 1.78. The number of rotatable bonds is 5. The van der Waals surface area contributed by atoms with E-state index in [1.165, 1.54) is 0 Å². The van der Waals surface area contributed by atoms with Crippen LogP contribution in [0, 0.1) is 6.92 Å². The lowest BCUT2D eigenvalue weighted by molar-refractivity contribution is 0.102. The lowest BCUT2D eigenvalue weighted by Crippen LogP contribution is -2.14. The van der Waals surface area contributed by atoms with Gasteiger partial charge in [-0.1, -0.05) is 22.0 Å². The minimum Gasteiger partial charge on any atom is -0.380 e. The van der Waals surface area contributed by atoms with Crippen molar-refractivity contribution >= 4 is 33.2 Å². The van der Waals surface area contributed by atoms with Crippen molar-refractivity contribution in [2.45, 2.75) is 6.92 Å². The topological polar surface area (TPSA) is 54.0 Å². The van der Waals surface area contributed by atoms with Crippen LogP contribution >= 0.6 is 15.9 Å². The lowest BCUT2D eigenvalue weighted by atomic mass is 10.2. The number of aryl methyl sites for hydroxylation is 1. The molecule has 0 aliphatic rings. The summed E-state index contributed by atoms with van der Waals surface area (Å²) < 4.78 is 0.980. The number of hydrogen-bond acceptors (Lipinski definition) is 3. The van der Waals surface area contributed by atoms with Gasteiger partial charge in [0.25, 0.3) is 5.91 Å². The van der Waals surface area contributed by atoms with Crippen molar-refractivity contribution < 1.29 is 4.79 Å². The van der Waals surface area contributed by atoms with E-state index < -0.39 is 0 Å². The summed E-state index contributed by atoms with van der Waals surface area (Å²) in [5, 5.41) is 5.97. The van der Waals surface area contributed by atoms with Crippen LogP contribution in [0.3, 0.4) is 0 Å². The summed E-state index contributed by atoms with van der Waals surface area (Å²) in [6.07, 6.45) is 3.39. The van der Waals surface area contributed by atoms with Gasteiger partial charge < -0.3 is 10.6 Å². The van der Waals surface area contributed by atoms with Gasteiger partial charge in [-0.05, 0) is 42.8 Å². The first-order valence-electron chi connectivity index (χ1n) is 6.48. The molecule has 0 saturated heterocycles. The fraction of sp³-hybridized carbons (Fsp3) is 0.125. The minimum atomic E-state index is -0.226. The molecule has 0 bridgehead atoms. The Balaban J connectivity index is 2.07. The maximum Gasteiger partial charge on any atom is 0.274 e. The number of pyridine rings is 1. The van der Waals surface area contributed by atoms with Gasteiger partial charge in [0.1, 0.15) is 5.69 Å². The molecular weight excluding hydrogens is 330 g/mol. The molecule has 4 nitrogen and oxygen atoms in total. The number of amides is 1. The normalized spacial score (nSPS) is 10.0. The molecule has 0 aliphatic carbocycles. The second-order valence-electron chi connectivity index (χ2n) is 4.52. The van der Waals surface area contributed by atoms with E-state index >= 15 is 0 Å². The Kier molecular flexibility index (Phi) is 5.11. The van der Waals surface area contributed by atoms with Crippen LogP contribution in [0.25, 0.3) is 0 Å². The Hall–Kier alpha value is -2.14. The van der Waals surface area contributed by atoms with E-state index in [-0.39, 0.29) is 5.91 Å². The summed E-state index contributed by atoms with van der Waals surface area (Å²) in [7, 11) is 0. The van der Waals surface area contributed by atoms with Crippen LogP contribution in [0.1, 0.15) is 16.1 Å². The smallest absolute Gasteiger partial charge is 0.274 e. The summed E-state index contributed by atoms with van der Waals surface area (Å²) in [5.74, 6) is -0.226. The van der Waals surface area contributed by atoms with Crippen molar-refractivity contribution in [2.75, 3.05) is 17.2 Å². The molecule has 0 fully saturated rings. The molecule has 0 atom stereocenters. The highest BCUT2D eigenvalue weighted by Crippen LogP contribution is 2.20. The van der Waals surface area contributed by atoms with Crippen molar-refractivity contribution in [3.63, 3.8) is 0 Å². The molecule has 0 saturated carbocycles. The van der Waals surface area contributed by atoms with Crippen LogP contribution in [0.15, 0.2) is 53.7 Å². The summed E-state index contributed by atoms with van der Waals surface area (Å²) in [5.41, 5.74) is 2.99. The maximum atomic E-state index is 12.2. The first kappa shape index (κ1) is 15.3. The molecule has 1 heterocycles. The van der Waals surface area contributed by atoms with Crippen LogP contribution in [0.5, 0.6) is 0 Å². The van der Waals surface area contributed by atoms with Gasteiger partial charge in [-0.15, -0.1) is 6.58 Å². The fourth-order valence-corrected chi connectivity index (χ4v) is 2.25. The van der Waals surface area contributed by atoms with Crippen molar-refractivity contribution in [3.05, 3.63) is 64.9 Å². The first-order valence-corrected chi connectivity index (χ1v) is 7.28. The highest BCUT2D eigenvalue weighted by atomic mass is 79.9. The second-order valence-corrected chi connectivity index (χ2v) is 5.43. The zero-order valence-corrected chi connectivity index (χ0v) is 13.3. The number of hydrogen-bond donors (Lipinski definition) is 2. The standard InChI is InChI=1S/C16H16BrN3O/c1-3-8-18-13-5-7-15(19-10-13)16(21)20-14-6-4-12(17)9-11(14)2/h3-7,9-10,18H,1,8H2,2H3,(H,20,21). The number of aromatic nitrogens is 1. The van der Waals surface area contributed by atoms with Gasteiger partial charge in [0.15, 0.2) is 0 Å². The SMILES string of the molecule is C=CCNc1ccc(C(=O)Nc2ccc(Br)cc2C)nc1. The Morgan fingerprint density at radius 3 is 2.81 bits per heavy atom. The van der Waals surface area contributed by atoms with Crippen LogP contribution in [-0.2, 0) is 0 Å². The molecular formula is C16H16BrN3O. The average molecular weight is 346 g/mol. The molecule has 0 radical (unpaired) electrons. The van der Waals surface area contributed by atoms with E-state index in [0.717, 1.165) is 21.4 Å². The zero-order chi connectivity index (χ0) is 15.2. The Morgan fingerprint density at radius 2 is 2.19 bits per heavy atom. The summed E-state index contributed by atoms with van der Waals surface area (Å²) in [6, 6.07) is 9.20. The van der Waals surface area contributed by atoms with Gasteiger partial charge in [0.2, 0.25) is 0 Å². The van der Waals surface area contributed by atoms with Gasteiger partial charge in [0, 0.05) is 16.7 Å². The van der Waals surface area contributed by atoms with E-state index in [9.17, 15) is 4.79 Å². The van der Waals surface area contributed by atoms with E-state index in [1.54, 1.807) is 18.3 Å². The van der Waals surface area contributed by atoms with Crippen LogP contribution in [0.4, 0.5) is 11.4 Å². The number of nitrogens with zero attached hydrogens (tertiary/aromatic N) is 1. The van der Waals surface area contributed by atoms with Gasteiger partial charge in [-0.25, -0.2) is 4.98 Å². The average Bonchev–Trinajstić information content (AvgIpc) is 2.48. The van der Waals surface area contributed by atoms with E-state index in [2.05, 4.69) is 38.1 Å². The third kappa shape index (κ3) is 4.16. The van der Waals surface area contributed by atoms with E-state index in [4.69, 9.17) is 0 Å². The minimum absolute atomic E-state index is 0.226. The molecule has 2 N–H and O–H groups in total. The molecule has 1 aromatic heterocycles. The molecule has 0 spiro atoms. The van der Waals surface area contributed by atoms with Crippen molar-refractivity contribution in [1.29, 1.82) is 0 Å². The Morgan fingerprint density at radius 1 is 1.38 bits per heavy atom. The predicted octanol–water partition coefficient (Wildman–Crippen LogP) is 4.00. The number of anilines is 2. The van der Waals surface area contributed by atoms with Crippen molar-refractivity contribution in [1.82, 2.24) is 4.98 Å². The third-order valence-corrected chi connectivity index (χ3v) is 3.38. The molecule has 5 heteroatoms. The maximum absolute atomic E-state index is 12.2. The van der Waals surface area contributed by atoms with Crippen LogP contribution in [-0.4, -0.2) is 17.4 Å². The molecule has 21 heavy (non-hydrogen) atoms. The number of halogens is 1. The van der Waals surface area contributed by atoms with Gasteiger partial charge in [0.05, 0.1) is 11.9 Å². The van der Waals surface area contributed by atoms with Gasteiger partial charge in [-0.3, -0.25) is 4.79 Å². The summed E-state index contributed by atoms with van der Waals surface area (Å²) in [6.45, 7) is 6.23. The Bertz CT molecular complexity index is 653. The molecule has 1 aromatic carbocycles. The van der Waals surface area contributed by atoms with Crippen molar-refractivity contribution in [3.8, 4) is 0 Å². The first-order chi connectivity index (χ1) is 10.1. The Labute approximate surface area is 132 Å². The molecule has 0 unspecified atom stereocenters.